The van der Waals surface area contributed by atoms with Gasteiger partial charge in [0.1, 0.15) is 11.9 Å². The van der Waals surface area contributed by atoms with Gasteiger partial charge in [-0.1, -0.05) is 12.1 Å². The maximum absolute atomic E-state index is 12.9. The minimum absolute atomic E-state index is 0.133. The van der Waals surface area contributed by atoms with Crippen molar-refractivity contribution >= 4 is 11.4 Å². The number of halogens is 1. The van der Waals surface area contributed by atoms with Crippen LogP contribution in [-0.2, 0) is 0 Å². The van der Waals surface area contributed by atoms with Gasteiger partial charge in [0.2, 0.25) is 0 Å². The lowest BCUT2D eigenvalue weighted by atomic mass is 10.1. The summed E-state index contributed by atoms with van der Waals surface area (Å²) in [6, 6.07) is 11.8. The average molecular weight is 285 g/mol. The zero-order valence-corrected chi connectivity index (χ0v) is 11.2. The van der Waals surface area contributed by atoms with Gasteiger partial charge in [-0.2, -0.15) is 5.26 Å². The third-order valence-corrected chi connectivity index (χ3v) is 3.08. The molecule has 0 aromatic heterocycles. The Kier molecular flexibility index (Phi) is 4.14. The molecule has 0 spiro atoms. The molecule has 2 aromatic rings. The Morgan fingerprint density at radius 3 is 2.52 bits per heavy atom. The van der Waals surface area contributed by atoms with Gasteiger partial charge in [-0.05, 0) is 30.7 Å². The maximum Gasteiger partial charge on any atom is 0.270 e. The van der Waals surface area contributed by atoms with E-state index in [9.17, 15) is 14.5 Å². The largest absolute Gasteiger partial charge is 0.377 e. The first-order valence-corrected chi connectivity index (χ1v) is 6.22. The number of hydrogen-bond acceptors (Lipinski definition) is 4. The number of nitrogens with one attached hydrogen (secondary N) is 1. The van der Waals surface area contributed by atoms with Crippen LogP contribution in [0.3, 0.4) is 0 Å². The summed E-state index contributed by atoms with van der Waals surface area (Å²) in [5, 5.41) is 22.9. The number of rotatable bonds is 4. The molecule has 0 fully saturated rings. The fraction of sp³-hybridized carbons (Fsp3) is 0.133. The lowest BCUT2D eigenvalue weighted by Gasteiger charge is -2.16. The number of nitrogens with zero attached hydrogens (tertiary/aromatic N) is 2. The molecule has 0 bridgehead atoms. The molecule has 21 heavy (non-hydrogen) atoms. The number of nitro groups is 1. The van der Waals surface area contributed by atoms with E-state index in [-0.39, 0.29) is 23.1 Å². The Morgan fingerprint density at radius 2 is 1.95 bits per heavy atom. The summed E-state index contributed by atoms with van der Waals surface area (Å²) in [6.45, 7) is 1.86. The van der Waals surface area contributed by atoms with Gasteiger partial charge in [0.05, 0.1) is 16.2 Å². The van der Waals surface area contributed by atoms with Crippen LogP contribution in [0.1, 0.15) is 24.1 Å². The van der Waals surface area contributed by atoms with E-state index < -0.39 is 4.92 Å². The lowest BCUT2D eigenvalue weighted by Crippen LogP contribution is -2.08. The predicted octanol–water partition coefficient (Wildman–Crippen LogP) is 3.78. The second-order valence-electron chi connectivity index (χ2n) is 4.52. The molecule has 1 N–H and O–H groups in total. The van der Waals surface area contributed by atoms with Crippen molar-refractivity contribution in [2.45, 2.75) is 13.0 Å². The lowest BCUT2D eigenvalue weighted by molar-refractivity contribution is -0.384. The SMILES string of the molecule is C[C@H](Nc1ccc([N+](=O)[O-])cc1C#N)c1ccc(F)cc1. The molecule has 0 aliphatic carbocycles. The van der Waals surface area contributed by atoms with Crippen LogP contribution in [0.4, 0.5) is 15.8 Å². The van der Waals surface area contributed by atoms with Crippen molar-refractivity contribution in [3.05, 3.63) is 69.5 Å². The van der Waals surface area contributed by atoms with E-state index in [4.69, 9.17) is 5.26 Å². The van der Waals surface area contributed by atoms with Crippen molar-refractivity contribution in [2.75, 3.05) is 5.32 Å². The molecule has 0 aliphatic heterocycles. The molecule has 106 valence electrons. The number of hydrogen-bond donors (Lipinski definition) is 1. The van der Waals surface area contributed by atoms with E-state index in [1.54, 1.807) is 12.1 Å². The Morgan fingerprint density at radius 1 is 1.29 bits per heavy atom. The number of nitriles is 1. The molecule has 0 radical (unpaired) electrons. The summed E-state index contributed by atoms with van der Waals surface area (Å²) in [7, 11) is 0. The molecule has 6 heteroatoms. The van der Waals surface area contributed by atoms with Gasteiger partial charge in [-0.25, -0.2) is 4.39 Å². The molecule has 0 amide bonds. The maximum atomic E-state index is 12.9. The molecule has 5 nitrogen and oxygen atoms in total. The van der Waals surface area contributed by atoms with E-state index in [2.05, 4.69) is 5.32 Å². The van der Waals surface area contributed by atoms with Gasteiger partial charge in [-0.3, -0.25) is 10.1 Å². The van der Waals surface area contributed by atoms with Crippen LogP contribution in [-0.4, -0.2) is 4.92 Å². The van der Waals surface area contributed by atoms with Crippen molar-refractivity contribution in [1.29, 1.82) is 5.26 Å². The van der Waals surface area contributed by atoms with E-state index in [0.717, 1.165) is 5.56 Å². The molecule has 1 atom stereocenters. The highest BCUT2D eigenvalue weighted by atomic mass is 19.1. The number of anilines is 1. The molecule has 0 aliphatic rings. The van der Waals surface area contributed by atoms with Gasteiger partial charge in [-0.15, -0.1) is 0 Å². The highest BCUT2D eigenvalue weighted by molar-refractivity contribution is 5.62. The Bertz CT molecular complexity index is 708. The van der Waals surface area contributed by atoms with Crippen LogP contribution in [0.5, 0.6) is 0 Å². The van der Waals surface area contributed by atoms with Crippen LogP contribution in [0.25, 0.3) is 0 Å². The smallest absolute Gasteiger partial charge is 0.270 e. The number of benzene rings is 2. The Labute approximate surface area is 120 Å². The average Bonchev–Trinajstić information content (AvgIpc) is 2.48. The first-order chi connectivity index (χ1) is 10.0. The molecule has 0 heterocycles. The standard InChI is InChI=1S/C15H12FN3O2/c1-10(11-2-4-13(16)5-3-11)18-15-7-6-14(19(20)21)8-12(15)9-17/h2-8,10,18H,1H3/t10-/m0/s1. The van der Waals surface area contributed by atoms with Crippen molar-refractivity contribution in [3.63, 3.8) is 0 Å². The van der Waals surface area contributed by atoms with E-state index >= 15 is 0 Å². The van der Waals surface area contributed by atoms with E-state index in [0.29, 0.717) is 5.69 Å². The predicted molar refractivity (Wildman–Crippen MR) is 76.2 cm³/mol. The minimum Gasteiger partial charge on any atom is -0.377 e. The molecular formula is C15H12FN3O2. The highest BCUT2D eigenvalue weighted by Crippen LogP contribution is 2.25. The summed E-state index contributed by atoms with van der Waals surface area (Å²) >= 11 is 0. The van der Waals surface area contributed by atoms with Crippen molar-refractivity contribution in [2.24, 2.45) is 0 Å². The van der Waals surface area contributed by atoms with Gasteiger partial charge in [0.15, 0.2) is 0 Å². The highest BCUT2D eigenvalue weighted by Gasteiger charge is 2.13. The first kappa shape index (κ1) is 14.5. The fourth-order valence-electron chi connectivity index (χ4n) is 1.93. The van der Waals surface area contributed by atoms with Crippen LogP contribution in [0, 0.1) is 27.3 Å². The van der Waals surface area contributed by atoms with Crippen LogP contribution in [0.15, 0.2) is 42.5 Å². The second kappa shape index (κ2) is 6.01. The zero-order valence-electron chi connectivity index (χ0n) is 11.2. The molecule has 2 aromatic carbocycles. The van der Waals surface area contributed by atoms with Gasteiger partial charge < -0.3 is 5.32 Å². The summed E-state index contributed by atoms with van der Waals surface area (Å²) < 4.78 is 12.9. The topological polar surface area (TPSA) is 79.0 Å². The molecule has 0 unspecified atom stereocenters. The van der Waals surface area contributed by atoms with Gasteiger partial charge in [0.25, 0.3) is 5.69 Å². The third kappa shape index (κ3) is 3.34. The Balaban J connectivity index is 2.25. The number of non-ortho nitro benzene ring substituents is 1. The molecule has 0 saturated carbocycles. The molecule has 2 rings (SSSR count). The van der Waals surface area contributed by atoms with Crippen LogP contribution < -0.4 is 5.32 Å². The Hall–Kier alpha value is -2.94. The summed E-state index contributed by atoms with van der Waals surface area (Å²) in [4.78, 5) is 10.1. The van der Waals surface area contributed by atoms with E-state index in [1.165, 1.54) is 30.3 Å². The van der Waals surface area contributed by atoms with Crippen LogP contribution >= 0.6 is 0 Å². The second-order valence-corrected chi connectivity index (χ2v) is 4.52. The van der Waals surface area contributed by atoms with Crippen molar-refractivity contribution < 1.29 is 9.31 Å². The summed E-state index contributed by atoms with van der Waals surface area (Å²) in [5.41, 5.74) is 1.41. The molecular weight excluding hydrogens is 273 g/mol. The van der Waals surface area contributed by atoms with Gasteiger partial charge in [0, 0.05) is 18.2 Å². The van der Waals surface area contributed by atoms with Gasteiger partial charge >= 0.3 is 0 Å². The van der Waals surface area contributed by atoms with Crippen molar-refractivity contribution in [3.8, 4) is 6.07 Å². The van der Waals surface area contributed by atoms with E-state index in [1.807, 2.05) is 13.0 Å². The normalized spacial score (nSPS) is 11.5. The fourth-order valence-corrected chi connectivity index (χ4v) is 1.93. The minimum atomic E-state index is -0.548. The molecule has 0 saturated heterocycles. The summed E-state index contributed by atoms with van der Waals surface area (Å²) in [5.74, 6) is -0.320. The first-order valence-electron chi connectivity index (χ1n) is 6.22. The van der Waals surface area contributed by atoms with Crippen molar-refractivity contribution in [1.82, 2.24) is 0 Å². The number of nitro benzene ring substituents is 1. The third-order valence-electron chi connectivity index (χ3n) is 3.08. The van der Waals surface area contributed by atoms with Crippen LogP contribution in [0.2, 0.25) is 0 Å². The monoisotopic (exact) mass is 285 g/mol. The zero-order chi connectivity index (χ0) is 15.4. The summed E-state index contributed by atoms with van der Waals surface area (Å²) in [6.07, 6.45) is 0. The quantitative estimate of drug-likeness (QED) is 0.685.